The number of nitrogens with one attached hydrogen (secondary N) is 1. The first-order valence-electron chi connectivity index (χ1n) is 7.84. The fraction of sp³-hybridized carbons (Fsp3) is 0.375. The minimum absolute atomic E-state index is 0.261. The van der Waals surface area contributed by atoms with Gasteiger partial charge in [0, 0.05) is 49.1 Å². The molecule has 1 N–H and O–H groups in total. The number of hydrogen-bond acceptors (Lipinski definition) is 7. The highest BCUT2D eigenvalue weighted by Crippen LogP contribution is 2.27. The van der Waals surface area contributed by atoms with E-state index in [-0.39, 0.29) is 4.90 Å². The maximum atomic E-state index is 11.8. The zero-order chi connectivity index (χ0) is 18.0. The van der Waals surface area contributed by atoms with Crippen molar-refractivity contribution >= 4 is 32.5 Å². The summed E-state index contributed by atoms with van der Waals surface area (Å²) in [6.07, 6.45) is 2.04. The van der Waals surface area contributed by atoms with Gasteiger partial charge in [-0.05, 0) is 35.6 Å². The topological polar surface area (TPSA) is 92.6 Å². The maximum absolute atomic E-state index is 11.8. The normalized spacial score (nSPS) is 14.9. The Hall–Kier alpha value is -1.97. The lowest BCUT2D eigenvalue weighted by Gasteiger charge is -2.26. The third kappa shape index (κ3) is 4.17. The number of rotatable bonds is 6. The molecule has 0 saturated heterocycles. The van der Waals surface area contributed by atoms with Crippen LogP contribution in [0.15, 0.2) is 34.5 Å². The monoisotopic (exact) mass is 381 g/mol. The second-order valence-electron chi connectivity index (χ2n) is 6.03. The first kappa shape index (κ1) is 17.8. The number of fused-ring (bicyclic) bond motifs is 1. The predicted molar refractivity (Wildman–Crippen MR) is 98.0 cm³/mol. The molecule has 25 heavy (non-hydrogen) atoms. The van der Waals surface area contributed by atoms with Crippen molar-refractivity contribution in [1.29, 1.82) is 0 Å². The summed E-state index contributed by atoms with van der Waals surface area (Å²) in [6, 6.07) is 6.27. The van der Waals surface area contributed by atoms with Gasteiger partial charge in [-0.3, -0.25) is 15.0 Å². The first-order valence-corrected chi connectivity index (χ1v) is 10.6. The molecule has 0 unspecified atom stereocenters. The summed E-state index contributed by atoms with van der Waals surface area (Å²) in [7, 11) is -3.66. The number of nitro benzene ring substituents is 1. The molecule has 9 heteroatoms. The standard InChI is InChI=1S/C16H19N3O4S2/c1-25(22,23)16-10-13(2-3-14(16)19(20)21)17-6-8-18-7-4-15-12(11-18)5-9-24-15/h2-3,5,9-10,17H,4,6-8,11H2,1H3. The van der Waals surface area contributed by atoms with Crippen LogP contribution in [-0.2, 0) is 22.8 Å². The van der Waals surface area contributed by atoms with Gasteiger partial charge >= 0.3 is 0 Å². The smallest absolute Gasteiger partial charge is 0.288 e. The highest BCUT2D eigenvalue weighted by molar-refractivity contribution is 7.90. The maximum Gasteiger partial charge on any atom is 0.288 e. The lowest BCUT2D eigenvalue weighted by atomic mass is 10.1. The molecule has 0 bridgehead atoms. The van der Waals surface area contributed by atoms with Gasteiger partial charge in [0.1, 0.15) is 4.90 Å². The van der Waals surface area contributed by atoms with Crippen molar-refractivity contribution in [1.82, 2.24) is 4.90 Å². The Morgan fingerprint density at radius 2 is 2.16 bits per heavy atom. The van der Waals surface area contributed by atoms with E-state index < -0.39 is 20.4 Å². The van der Waals surface area contributed by atoms with Crippen LogP contribution in [0, 0.1) is 10.1 Å². The van der Waals surface area contributed by atoms with Gasteiger partial charge in [0.2, 0.25) is 0 Å². The molecule has 3 rings (SSSR count). The van der Waals surface area contributed by atoms with Crippen molar-refractivity contribution < 1.29 is 13.3 Å². The van der Waals surface area contributed by atoms with Crippen molar-refractivity contribution in [3.8, 4) is 0 Å². The van der Waals surface area contributed by atoms with Crippen LogP contribution in [0.5, 0.6) is 0 Å². The molecule has 7 nitrogen and oxygen atoms in total. The third-order valence-electron chi connectivity index (χ3n) is 4.20. The van der Waals surface area contributed by atoms with E-state index in [1.165, 1.54) is 22.6 Å². The fourth-order valence-electron chi connectivity index (χ4n) is 2.93. The van der Waals surface area contributed by atoms with Crippen LogP contribution >= 0.6 is 11.3 Å². The Morgan fingerprint density at radius 3 is 2.88 bits per heavy atom. The number of anilines is 1. The minimum Gasteiger partial charge on any atom is -0.384 e. The molecule has 0 radical (unpaired) electrons. The van der Waals surface area contributed by atoms with Crippen LogP contribution in [0.4, 0.5) is 11.4 Å². The largest absolute Gasteiger partial charge is 0.384 e. The van der Waals surface area contributed by atoms with Gasteiger partial charge in [-0.2, -0.15) is 0 Å². The summed E-state index contributed by atoms with van der Waals surface area (Å²) in [5.74, 6) is 0. The Labute approximate surface area is 150 Å². The van der Waals surface area contributed by atoms with Crippen LogP contribution < -0.4 is 5.32 Å². The number of hydrogen-bond donors (Lipinski definition) is 1. The second-order valence-corrected chi connectivity index (χ2v) is 9.02. The molecule has 0 saturated carbocycles. The molecule has 1 aliphatic rings. The SMILES string of the molecule is CS(=O)(=O)c1cc(NCCN2CCc3sccc3C2)ccc1[N+](=O)[O-]. The number of nitrogens with zero attached hydrogens (tertiary/aromatic N) is 2. The molecule has 134 valence electrons. The summed E-state index contributed by atoms with van der Waals surface area (Å²) in [5.41, 5.74) is 1.55. The van der Waals surface area contributed by atoms with Gasteiger partial charge in [0.25, 0.3) is 5.69 Å². The van der Waals surface area contributed by atoms with Gasteiger partial charge in [0.05, 0.1) is 4.92 Å². The molecular weight excluding hydrogens is 362 g/mol. The zero-order valence-electron chi connectivity index (χ0n) is 13.8. The quantitative estimate of drug-likeness (QED) is 0.611. The van der Waals surface area contributed by atoms with Crippen molar-refractivity contribution in [3.63, 3.8) is 0 Å². The summed E-state index contributed by atoms with van der Waals surface area (Å²) in [5, 5.41) is 16.3. The summed E-state index contributed by atoms with van der Waals surface area (Å²) in [4.78, 5) is 13.9. The molecular formula is C16H19N3O4S2. The molecule has 0 fully saturated rings. The van der Waals surface area contributed by atoms with E-state index in [4.69, 9.17) is 0 Å². The molecule has 1 aliphatic heterocycles. The number of benzene rings is 1. The van der Waals surface area contributed by atoms with Gasteiger partial charge < -0.3 is 5.32 Å². The van der Waals surface area contributed by atoms with E-state index in [1.807, 2.05) is 0 Å². The average molecular weight is 381 g/mol. The van der Waals surface area contributed by atoms with Gasteiger partial charge in [-0.25, -0.2) is 8.42 Å². The molecule has 1 aromatic heterocycles. The number of nitro groups is 1. The lowest BCUT2D eigenvalue weighted by molar-refractivity contribution is -0.387. The summed E-state index contributed by atoms with van der Waals surface area (Å²) >= 11 is 1.80. The van der Waals surface area contributed by atoms with E-state index in [9.17, 15) is 18.5 Å². The van der Waals surface area contributed by atoms with Crippen LogP contribution in [-0.4, -0.2) is 44.1 Å². The number of thiophene rings is 1. The third-order valence-corrected chi connectivity index (χ3v) is 6.35. The predicted octanol–water partition coefficient (Wildman–Crippen LogP) is 2.53. The molecule has 2 heterocycles. The highest BCUT2D eigenvalue weighted by Gasteiger charge is 2.22. The number of sulfone groups is 1. The summed E-state index contributed by atoms with van der Waals surface area (Å²) < 4.78 is 23.6. The first-order chi connectivity index (χ1) is 11.8. The van der Waals surface area contributed by atoms with Crippen LogP contribution in [0.3, 0.4) is 0 Å². The molecule has 1 aromatic carbocycles. The molecule has 0 spiro atoms. The van der Waals surface area contributed by atoms with E-state index in [2.05, 4.69) is 21.7 Å². The average Bonchev–Trinajstić information content (AvgIpc) is 3.01. The van der Waals surface area contributed by atoms with Gasteiger partial charge in [-0.15, -0.1) is 11.3 Å². The van der Waals surface area contributed by atoms with Gasteiger partial charge in [-0.1, -0.05) is 0 Å². The van der Waals surface area contributed by atoms with Gasteiger partial charge in [0.15, 0.2) is 9.84 Å². The van der Waals surface area contributed by atoms with Crippen LogP contribution in [0.1, 0.15) is 10.4 Å². The molecule has 2 aromatic rings. The second kappa shape index (κ2) is 7.11. The lowest BCUT2D eigenvalue weighted by Crippen LogP contribution is -2.33. The van der Waals surface area contributed by atoms with E-state index in [0.29, 0.717) is 12.2 Å². The zero-order valence-corrected chi connectivity index (χ0v) is 15.4. The molecule has 0 atom stereocenters. The Balaban J connectivity index is 1.63. The molecule has 0 amide bonds. The fourth-order valence-corrected chi connectivity index (χ4v) is 4.68. The van der Waals surface area contributed by atoms with E-state index in [0.717, 1.165) is 32.3 Å². The molecule has 0 aliphatic carbocycles. The van der Waals surface area contributed by atoms with Crippen molar-refractivity contribution in [3.05, 3.63) is 50.2 Å². The summed E-state index contributed by atoms with van der Waals surface area (Å²) in [6.45, 7) is 3.39. The van der Waals surface area contributed by atoms with Crippen LogP contribution in [0.2, 0.25) is 0 Å². The van der Waals surface area contributed by atoms with E-state index >= 15 is 0 Å². The van der Waals surface area contributed by atoms with Crippen molar-refractivity contribution in [2.45, 2.75) is 17.9 Å². The minimum atomic E-state index is -3.66. The van der Waals surface area contributed by atoms with Crippen LogP contribution in [0.25, 0.3) is 0 Å². The Morgan fingerprint density at radius 1 is 1.36 bits per heavy atom. The van der Waals surface area contributed by atoms with Crippen molar-refractivity contribution in [2.75, 3.05) is 31.2 Å². The Bertz CT molecular complexity index is 893. The Kier molecular flexibility index (Phi) is 5.07. The highest BCUT2D eigenvalue weighted by atomic mass is 32.2. The van der Waals surface area contributed by atoms with E-state index in [1.54, 1.807) is 17.4 Å². The van der Waals surface area contributed by atoms with Crippen molar-refractivity contribution in [2.24, 2.45) is 0 Å².